The molecular weight excluding hydrogens is 176 g/mol. The number of primary amides is 1. The number of anilines is 1. The molecule has 1 amide bonds. The van der Waals surface area contributed by atoms with Crippen molar-refractivity contribution >= 4 is 11.7 Å². The zero-order chi connectivity index (χ0) is 9.84. The van der Waals surface area contributed by atoms with Gasteiger partial charge in [0.1, 0.15) is 7.05 Å². The van der Waals surface area contributed by atoms with E-state index >= 15 is 0 Å². The second-order valence-electron chi connectivity index (χ2n) is 2.17. The maximum Gasteiger partial charge on any atom is 0.271 e. The van der Waals surface area contributed by atoms with Crippen molar-refractivity contribution in [2.75, 3.05) is 12.5 Å². The van der Waals surface area contributed by atoms with Gasteiger partial charge in [0.25, 0.3) is 11.7 Å². The van der Waals surface area contributed by atoms with Crippen molar-refractivity contribution in [3.8, 4) is 0 Å². The predicted octanol–water partition coefficient (Wildman–Crippen LogP) is -0.572. The lowest BCUT2D eigenvalue weighted by molar-refractivity contribution is -0.497. The van der Waals surface area contributed by atoms with Gasteiger partial charge in [-0.2, -0.15) is 9.84 Å². The molecule has 0 fully saturated rings. The Bertz CT molecular complexity index is 339. The van der Waals surface area contributed by atoms with Crippen molar-refractivity contribution in [2.45, 2.75) is 0 Å². The molecule has 1 aromatic heterocycles. The highest BCUT2D eigenvalue weighted by Crippen LogP contribution is 2.07. The Kier molecular flexibility index (Phi) is 2.43. The normalized spacial score (nSPS) is 11.3. The first kappa shape index (κ1) is 8.97. The highest BCUT2D eigenvalue weighted by molar-refractivity contribution is 5.95. The monoisotopic (exact) mass is 184 g/mol. The van der Waals surface area contributed by atoms with E-state index in [2.05, 4.69) is 20.6 Å². The summed E-state index contributed by atoms with van der Waals surface area (Å²) in [4.78, 5) is 17.2. The largest absolute Gasteiger partial charge is 0.696 e. The van der Waals surface area contributed by atoms with Crippen molar-refractivity contribution < 1.29 is 9.66 Å². The fraction of sp³-hybridized carbons (Fsp3) is 0.200. The zero-order valence-electron chi connectivity index (χ0n) is 6.81. The summed E-state index contributed by atoms with van der Waals surface area (Å²) in [5, 5.41) is 13.6. The molecule has 0 saturated carbocycles. The van der Waals surface area contributed by atoms with Crippen LogP contribution in [0.5, 0.6) is 0 Å². The van der Waals surface area contributed by atoms with Crippen molar-refractivity contribution in [3.63, 3.8) is 0 Å². The van der Waals surface area contributed by atoms with Crippen LogP contribution in [0.1, 0.15) is 10.5 Å². The van der Waals surface area contributed by atoms with Gasteiger partial charge in [0.05, 0.1) is 11.6 Å². The fourth-order valence-electron chi connectivity index (χ4n) is 0.685. The zero-order valence-corrected chi connectivity index (χ0v) is 6.81. The number of hydroxylamine groups is 1. The Hall–Kier alpha value is -2.12. The number of H-pyrrole nitrogens is 1. The number of carbonyl (C=O) groups is 1. The number of hydrogen-bond acceptors (Lipinski definition) is 4. The number of rotatable bonds is 3. The molecule has 0 aromatic carbocycles. The van der Waals surface area contributed by atoms with Gasteiger partial charge in [-0.3, -0.25) is 4.79 Å². The molecule has 1 heterocycles. The topological polar surface area (TPSA) is 122 Å². The summed E-state index contributed by atoms with van der Waals surface area (Å²) in [6, 6.07) is 0. The third kappa shape index (κ3) is 2.15. The molecule has 0 aliphatic heterocycles. The number of nitrogens with one attached hydrogen (secondary N) is 2. The molecule has 0 aliphatic carbocycles. The maximum absolute atomic E-state index is 10.7. The van der Waals surface area contributed by atoms with E-state index in [0.717, 1.165) is 0 Å². The maximum atomic E-state index is 10.7. The van der Waals surface area contributed by atoms with E-state index in [4.69, 9.17) is 5.73 Å². The van der Waals surface area contributed by atoms with Gasteiger partial charge in [0.15, 0.2) is 5.69 Å². The molecule has 0 atom stereocenters. The third-order valence-electron chi connectivity index (χ3n) is 1.18. The minimum Gasteiger partial charge on any atom is -0.696 e. The molecule has 70 valence electrons. The van der Waals surface area contributed by atoms with Gasteiger partial charge in [0, 0.05) is 0 Å². The summed E-state index contributed by atoms with van der Waals surface area (Å²) < 4.78 is 0. The fourth-order valence-corrected chi connectivity index (χ4v) is 0.685. The van der Waals surface area contributed by atoms with Crippen molar-refractivity contribution in [1.29, 1.82) is 0 Å². The number of nitrogens with two attached hydrogens (primary N) is 1. The first-order valence-electron chi connectivity index (χ1n) is 3.32. The molecule has 0 unspecified atom stereocenters. The Morgan fingerprint density at radius 3 is 3.15 bits per heavy atom. The van der Waals surface area contributed by atoms with Gasteiger partial charge in [-0.15, -0.1) is 5.43 Å². The summed E-state index contributed by atoms with van der Waals surface area (Å²) in [6.45, 7) is 0. The Morgan fingerprint density at radius 1 is 1.92 bits per heavy atom. The van der Waals surface area contributed by atoms with Crippen LogP contribution in [0.3, 0.4) is 0 Å². The van der Waals surface area contributed by atoms with Crippen LogP contribution in [-0.4, -0.2) is 27.8 Å². The van der Waals surface area contributed by atoms with E-state index in [1.165, 1.54) is 13.4 Å². The highest BCUT2D eigenvalue weighted by Gasteiger charge is 2.13. The summed E-state index contributed by atoms with van der Waals surface area (Å²) >= 11 is 0. The van der Waals surface area contributed by atoms with Crippen LogP contribution in [0, 0.1) is 5.21 Å². The van der Waals surface area contributed by atoms with Gasteiger partial charge in [-0.05, 0) is 0 Å². The first-order chi connectivity index (χ1) is 6.11. The minimum atomic E-state index is -0.677. The van der Waals surface area contributed by atoms with Crippen LogP contribution < -0.4 is 11.2 Å². The second-order valence-corrected chi connectivity index (χ2v) is 2.17. The van der Waals surface area contributed by atoms with Crippen LogP contribution in [0.15, 0.2) is 11.6 Å². The van der Waals surface area contributed by atoms with E-state index in [1.54, 1.807) is 0 Å². The molecule has 13 heavy (non-hydrogen) atoms. The minimum absolute atomic E-state index is 0.0746. The molecule has 0 bridgehead atoms. The molecule has 4 N–H and O–H groups in total. The number of hydrogen-bond donors (Lipinski definition) is 3. The quantitative estimate of drug-likeness (QED) is 0.330. The molecule has 0 aliphatic rings. The third-order valence-corrected chi connectivity index (χ3v) is 1.18. The van der Waals surface area contributed by atoms with E-state index in [-0.39, 0.29) is 11.5 Å². The van der Waals surface area contributed by atoms with Crippen LogP contribution in [-0.2, 0) is 0 Å². The smallest absolute Gasteiger partial charge is 0.271 e. The highest BCUT2D eigenvalue weighted by atomic mass is 16.5. The predicted molar refractivity (Wildman–Crippen MR) is 42.7 cm³/mol. The van der Waals surface area contributed by atoms with Crippen molar-refractivity contribution in [1.82, 2.24) is 9.97 Å². The molecule has 0 spiro atoms. The average Bonchev–Trinajstić information content (AvgIpc) is 2.47. The van der Waals surface area contributed by atoms with E-state index in [0.29, 0.717) is 4.86 Å². The lowest BCUT2D eigenvalue weighted by Gasteiger charge is -1.95. The van der Waals surface area contributed by atoms with E-state index in [1.807, 2.05) is 0 Å². The van der Waals surface area contributed by atoms with Gasteiger partial charge in [0.2, 0.25) is 0 Å². The van der Waals surface area contributed by atoms with Gasteiger partial charge < -0.3 is 15.9 Å². The number of aromatic nitrogens is 2. The molecule has 1 rings (SSSR count). The molecule has 8 nitrogen and oxygen atoms in total. The molecule has 1 aromatic rings. The van der Waals surface area contributed by atoms with Crippen molar-refractivity contribution in [3.05, 3.63) is 17.2 Å². The summed E-state index contributed by atoms with van der Waals surface area (Å²) in [7, 11) is 1.18. The summed E-state index contributed by atoms with van der Waals surface area (Å²) in [5.41, 5.74) is 7.33. The Labute approximate surface area is 73.0 Å². The standard InChI is InChI=1S/C5H8N6O2/c1-11(13)10-9-5-3(4(6)12)7-2-8-5/h2,9H,1H3,(H2,6,12)(H,7,8)/b11-10+. The van der Waals surface area contributed by atoms with Crippen LogP contribution >= 0.6 is 0 Å². The lowest BCUT2D eigenvalue weighted by Crippen LogP contribution is -2.13. The molecule has 8 heteroatoms. The van der Waals surface area contributed by atoms with Gasteiger partial charge >= 0.3 is 0 Å². The van der Waals surface area contributed by atoms with Crippen LogP contribution in [0.2, 0.25) is 0 Å². The number of nitrogens with zero attached hydrogens (tertiary/aromatic N) is 3. The number of amides is 1. The van der Waals surface area contributed by atoms with Crippen molar-refractivity contribution in [2.24, 2.45) is 11.0 Å². The van der Waals surface area contributed by atoms with Gasteiger partial charge in [-0.1, -0.05) is 0 Å². The molecule has 0 radical (unpaired) electrons. The first-order valence-corrected chi connectivity index (χ1v) is 3.32. The Morgan fingerprint density at radius 2 is 2.62 bits per heavy atom. The summed E-state index contributed by atoms with van der Waals surface area (Å²) in [6.07, 6.45) is 1.27. The average molecular weight is 184 g/mol. The number of carbonyl (C=O) groups excluding carboxylic acids is 1. The lowest BCUT2D eigenvalue weighted by atomic mass is 10.4. The van der Waals surface area contributed by atoms with Crippen LogP contribution in [0.4, 0.5) is 5.82 Å². The molecule has 0 saturated heterocycles. The number of aromatic amines is 1. The van der Waals surface area contributed by atoms with Crippen LogP contribution in [0.25, 0.3) is 0 Å². The second kappa shape index (κ2) is 3.52. The van der Waals surface area contributed by atoms with Gasteiger partial charge in [-0.25, -0.2) is 0 Å². The number of imidazole rings is 1. The summed E-state index contributed by atoms with van der Waals surface area (Å²) in [5.74, 6) is -0.557. The van der Waals surface area contributed by atoms with E-state index in [9.17, 15) is 10.0 Å². The van der Waals surface area contributed by atoms with E-state index < -0.39 is 5.91 Å². The Balaban J connectivity index is 2.83. The SMILES string of the molecule is C/[N+]([O-])=N\Nc1nc[nH]c1C(N)=O. The molecular formula is C5H8N6O2.